The van der Waals surface area contributed by atoms with E-state index in [-0.39, 0.29) is 17.0 Å². The number of ether oxygens (including phenoxy) is 1. The van der Waals surface area contributed by atoms with Crippen LogP contribution in [0.2, 0.25) is 0 Å². The van der Waals surface area contributed by atoms with Crippen molar-refractivity contribution in [2.75, 3.05) is 24.3 Å². The number of phosphoric acid groups is 3. The van der Waals surface area contributed by atoms with Gasteiger partial charge in [0.25, 0.3) is 0 Å². The monoisotopic (exact) mass is 656 g/mol. The van der Waals surface area contributed by atoms with Gasteiger partial charge in [-0.1, -0.05) is 0 Å². The lowest BCUT2D eigenvalue weighted by molar-refractivity contribution is -0.138. The highest BCUT2D eigenvalue weighted by atomic mass is 32.2. The molecule has 7 atom stereocenters. The van der Waals surface area contributed by atoms with E-state index in [1.807, 2.05) is 6.26 Å². The summed E-state index contributed by atoms with van der Waals surface area (Å²) in [7, 11) is -16.7. The third-order valence-corrected chi connectivity index (χ3v) is 9.21. The Kier molecular flexibility index (Phi) is 12.2. The minimum absolute atomic E-state index is 0.0426. The molecule has 1 aliphatic heterocycles. The first-order chi connectivity index (χ1) is 18.4. The van der Waals surface area contributed by atoms with Gasteiger partial charge in [-0.25, -0.2) is 28.6 Å². The van der Waals surface area contributed by atoms with Crippen LogP contribution in [0.3, 0.4) is 0 Å². The molecule has 0 saturated carbocycles. The van der Waals surface area contributed by atoms with Crippen LogP contribution in [0.25, 0.3) is 11.2 Å². The molecule has 0 bridgehead atoms. The van der Waals surface area contributed by atoms with E-state index in [1.54, 1.807) is 11.8 Å². The zero-order chi connectivity index (χ0) is 30.5. The second kappa shape index (κ2) is 14.1. The summed E-state index contributed by atoms with van der Waals surface area (Å²) < 4.78 is 51.9. The highest BCUT2D eigenvalue weighted by Crippen LogP contribution is 2.66. The minimum Gasteiger partial charge on any atom is -0.480 e. The quantitative estimate of drug-likeness (QED) is 0.118. The average Bonchev–Trinajstić information content (AvgIpc) is 3.36. The number of aliphatic hydroxyl groups excluding tert-OH is 2. The Balaban J connectivity index is 0.000000536. The van der Waals surface area contributed by atoms with Crippen LogP contribution in [-0.4, -0.2) is 103 Å². The van der Waals surface area contributed by atoms with Gasteiger partial charge in [0.05, 0.1) is 12.9 Å². The van der Waals surface area contributed by atoms with E-state index in [2.05, 4.69) is 28.1 Å². The van der Waals surface area contributed by atoms with Crippen molar-refractivity contribution in [3.63, 3.8) is 0 Å². The molecule has 3 heterocycles. The van der Waals surface area contributed by atoms with Gasteiger partial charge in [-0.2, -0.15) is 20.4 Å². The molecule has 0 radical (unpaired) electrons. The lowest BCUT2D eigenvalue weighted by atomic mass is 10.1. The van der Waals surface area contributed by atoms with E-state index in [9.17, 15) is 33.6 Å². The zero-order valence-corrected chi connectivity index (χ0v) is 23.8. The number of aliphatic hydroxyl groups is 2. The van der Waals surface area contributed by atoms with Gasteiger partial charge in [-0.05, 0) is 18.4 Å². The molecule has 11 N–H and O–H groups in total. The van der Waals surface area contributed by atoms with Crippen molar-refractivity contribution < 1.29 is 71.3 Å². The lowest BCUT2D eigenvalue weighted by Gasteiger charge is -2.19. The number of aliphatic carboxylic acids is 1. The number of phosphoric ester groups is 1. The van der Waals surface area contributed by atoms with Gasteiger partial charge >= 0.3 is 29.4 Å². The number of anilines is 1. The maximum atomic E-state index is 11.8. The Morgan fingerprint density at radius 1 is 1.12 bits per heavy atom. The van der Waals surface area contributed by atoms with Crippen molar-refractivity contribution in [3.05, 3.63) is 12.7 Å². The summed E-state index contributed by atoms with van der Waals surface area (Å²) in [5.41, 5.74) is 11.2. The molecule has 228 valence electrons. The van der Waals surface area contributed by atoms with Crippen molar-refractivity contribution in [3.8, 4) is 0 Å². The Morgan fingerprint density at radius 3 is 2.35 bits per heavy atom. The third kappa shape index (κ3) is 10.1. The molecule has 2 unspecified atom stereocenters. The van der Waals surface area contributed by atoms with E-state index in [4.69, 9.17) is 36.0 Å². The van der Waals surface area contributed by atoms with Crippen LogP contribution in [0.5, 0.6) is 0 Å². The summed E-state index contributed by atoms with van der Waals surface area (Å²) in [5.74, 6) is -0.0574. The number of nitrogens with zero attached hydrogens (tertiary/aromatic N) is 4. The van der Waals surface area contributed by atoms with Gasteiger partial charge < -0.3 is 51.1 Å². The highest BCUT2D eigenvalue weighted by molar-refractivity contribution is 7.98. The number of imidazole rings is 1. The molecule has 1 aliphatic rings. The molecule has 0 spiro atoms. The van der Waals surface area contributed by atoms with Crippen LogP contribution in [-0.2, 0) is 36.4 Å². The number of fused-ring (bicyclic) bond motifs is 1. The number of carbonyl (C=O) groups is 1. The van der Waals surface area contributed by atoms with Gasteiger partial charge in [0, 0.05) is 0 Å². The molecule has 3 rings (SSSR count). The zero-order valence-electron chi connectivity index (χ0n) is 20.3. The Morgan fingerprint density at radius 2 is 1.77 bits per heavy atom. The standard InChI is InChI=1S/C10H16N5O13P3.C5H11NO2S/c11-8-5-9(13-2-12-8)15(3-14-5)10-7(17)6(16)4(26-10)1-25-30(21,22)28-31(23,24)27-29(18,19)20;1-9-3-2-4(6)5(7)8/h2-4,6-7,10,16-17H,1H2,(H,21,22)(H,23,24)(H2,11,12,13)(H2,18,19,20);4H,2-3,6H2,1H3,(H,7,8)/t4-,6-,7-,10-;4-/m10/s1. The number of hydrogen-bond donors (Lipinski definition) is 9. The van der Waals surface area contributed by atoms with Crippen LogP contribution < -0.4 is 11.5 Å². The van der Waals surface area contributed by atoms with Gasteiger partial charge in [-0.15, -0.1) is 0 Å². The average molecular weight is 656 g/mol. The fourth-order valence-electron chi connectivity index (χ4n) is 2.99. The molecule has 0 amide bonds. The number of hydrogen-bond acceptors (Lipinski definition) is 16. The van der Waals surface area contributed by atoms with Crippen LogP contribution >= 0.6 is 35.2 Å². The number of carboxylic acids is 1. The summed E-state index contributed by atoms with van der Waals surface area (Å²) in [6.45, 7) is -0.956. The molecule has 0 aliphatic carbocycles. The normalized spacial score (nSPS) is 25.0. The van der Waals surface area contributed by atoms with E-state index in [0.717, 1.165) is 12.1 Å². The van der Waals surface area contributed by atoms with Crippen molar-refractivity contribution in [2.24, 2.45) is 5.73 Å². The summed E-state index contributed by atoms with van der Waals surface area (Å²) in [5, 5.41) is 28.7. The molecule has 25 heteroatoms. The summed E-state index contributed by atoms with van der Waals surface area (Å²) >= 11 is 1.60. The van der Waals surface area contributed by atoms with Crippen LogP contribution in [0.4, 0.5) is 5.82 Å². The highest BCUT2D eigenvalue weighted by Gasteiger charge is 2.47. The summed E-state index contributed by atoms with van der Waals surface area (Å²) in [4.78, 5) is 57.3. The van der Waals surface area contributed by atoms with Crippen molar-refractivity contribution in [1.29, 1.82) is 0 Å². The van der Waals surface area contributed by atoms with Gasteiger partial charge in [0.15, 0.2) is 17.7 Å². The number of aromatic nitrogens is 4. The van der Waals surface area contributed by atoms with E-state index >= 15 is 0 Å². The second-order valence-electron chi connectivity index (χ2n) is 7.74. The van der Waals surface area contributed by atoms with Gasteiger partial charge in [0.2, 0.25) is 0 Å². The largest absolute Gasteiger partial charge is 0.490 e. The number of rotatable bonds is 12. The number of nitrogen functional groups attached to an aromatic ring is 1. The van der Waals surface area contributed by atoms with Gasteiger partial charge in [-0.3, -0.25) is 13.9 Å². The van der Waals surface area contributed by atoms with Crippen molar-refractivity contribution in [2.45, 2.75) is 37.0 Å². The number of thioether (sulfide) groups is 1. The predicted molar refractivity (Wildman–Crippen MR) is 134 cm³/mol. The Labute approximate surface area is 228 Å². The number of carboxylic acid groups (broad SMARTS) is 1. The first kappa shape index (κ1) is 34.6. The maximum absolute atomic E-state index is 11.8. The minimum atomic E-state index is -5.70. The summed E-state index contributed by atoms with van der Waals surface area (Å²) in [6.07, 6.45) is -1.21. The molecule has 2 aromatic rings. The van der Waals surface area contributed by atoms with E-state index in [0.29, 0.717) is 6.42 Å². The first-order valence-electron chi connectivity index (χ1n) is 10.6. The van der Waals surface area contributed by atoms with Crippen LogP contribution in [0, 0.1) is 0 Å². The van der Waals surface area contributed by atoms with E-state index in [1.165, 1.54) is 10.9 Å². The predicted octanol–water partition coefficient (Wildman–Crippen LogP) is -1.48. The van der Waals surface area contributed by atoms with Crippen LogP contribution in [0.15, 0.2) is 12.7 Å². The fourth-order valence-corrected chi connectivity index (χ4v) is 6.51. The summed E-state index contributed by atoms with van der Waals surface area (Å²) in [6, 6.07) is -0.683. The lowest BCUT2D eigenvalue weighted by Crippen LogP contribution is -2.33. The maximum Gasteiger partial charge on any atom is 0.490 e. The topological polar surface area (TPSA) is 342 Å². The third-order valence-electron chi connectivity index (χ3n) is 4.77. The molecular weight excluding hydrogens is 629 g/mol. The molecule has 21 nitrogen and oxygen atoms in total. The second-order valence-corrected chi connectivity index (χ2v) is 13.1. The number of nitrogens with two attached hydrogens (primary N) is 2. The van der Waals surface area contributed by atoms with Crippen LogP contribution in [0.1, 0.15) is 12.6 Å². The molecule has 1 saturated heterocycles. The molecule has 0 aromatic carbocycles. The molecule has 2 aromatic heterocycles. The van der Waals surface area contributed by atoms with Gasteiger partial charge in [0.1, 0.15) is 36.2 Å². The Hall–Kier alpha value is -1.58. The SMILES string of the molecule is CSCC[C@H](N)C(=O)O.Nc1ncnc2c1ncn2[C@@H]1O[C@H](COP(=O)(O)OP(=O)(O)OP(=O)(O)O)[C@@H](O)[C@H]1O. The van der Waals surface area contributed by atoms with E-state index < -0.39 is 66.6 Å². The molecular formula is C15H27N6O15P3S. The fraction of sp³-hybridized carbons (Fsp3) is 0.600. The molecule has 40 heavy (non-hydrogen) atoms. The smallest absolute Gasteiger partial charge is 0.480 e. The Bertz CT molecular complexity index is 1310. The van der Waals surface area contributed by atoms with Crippen molar-refractivity contribution >= 4 is 58.2 Å². The molecule has 1 fully saturated rings. The van der Waals surface area contributed by atoms with Crippen molar-refractivity contribution in [1.82, 2.24) is 19.5 Å². The first-order valence-corrected chi connectivity index (χ1v) is 16.5.